The number of carbonyl (C=O) groups excluding carboxylic acids is 2. The number of nitrogens with one attached hydrogen (secondary N) is 3. The summed E-state index contributed by atoms with van der Waals surface area (Å²) in [6, 6.07) is 5.70. The van der Waals surface area contributed by atoms with Gasteiger partial charge in [-0.1, -0.05) is 19.9 Å². The topological polar surface area (TPSA) is 81.1 Å². The molecule has 0 radical (unpaired) electrons. The lowest BCUT2D eigenvalue weighted by molar-refractivity contribution is -0.885. The zero-order chi connectivity index (χ0) is 17.8. The standard InChI is InChI=1S/C18H25N3O4/c1-12(2)18(13-3-4-14-15(9-13)25-8-7-24-14)20-17(23)11-21-6-5-19-16(22)10-21/h3-4,9,12,18H,5-8,10-11H2,1-2H3,(H,19,22)(H,20,23)/p+1/t18-/m0/s1. The highest BCUT2D eigenvalue weighted by atomic mass is 16.6. The number of ether oxygens (including phenoxy) is 2. The number of benzene rings is 1. The summed E-state index contributed by atoms with van der Waals surface area (Å²) in [6.45, 7) is 7.29. The number of carbonyl (C=O) groups is 2. The number of hydrogen-bond donors (Lipinski definition) is 3. The van der Waals surface area contributed by atoms with Crippen LogP contribution < -0.4 is 25.0 Å². The SMILES string of the molecule is CC(C)[C@H](NC(=O)C[NH+]1CCNC(=O)C1)c1ccc2c(c1)OCCO2. The van der Waals surface area contributed by atoms with Crippen LogP contribution in [-0.2, 0) is 9.59 Å². The van der Waals surface area contributed by atoms with E-state index in [1.165, 1.54) is 0 Å². The van der Waals surface area contributed by atoms with E-state index in [2.05, 4.69) is 24.5 Å². The zero-order valence-electron chi connectivity index (χ0n) is 14.8. The molecule has 0 aliphatic carbocycles. The molecule has 2 aliphatic rings. The number of fused-ring (bicyclic) bond motifs is 1. The minimum Gasteiger partial charge on any atom is -0.486 e. The van der Waals surface area contributed by atoms with Crippen molar-refractivity contribution in [3.63, 3.8) is 0 Å². The van der Waals surface area contributed by atoms with E-state index in [9.17, 15) is 9.59 Å². The summed E-state index contributed by atoms with van der Waals surface area (Å²) in [5.41, 5.74) is 0.999. The average Bonchev–Trinajstić information content (AvgIpc) is 2.59. The maximum absolute atomic E-state index is 12.5. The third kappa shape index (κ3) is 4.42. The van der Waals surface area contributed by atoms with Crippen LogP contribution in [0.15, 0.2) is 18.2 Å². The van der Waals surface area contributed by atoms with Crippen molar-refractivity contribution in [3.8, 4) is 11.5 Å². The van der Waals surface area contributed by atoms with Gasteiger partial charge in [0.2, 0.25) is 0 Å². The van der Waals surface area contributed by atoms with Crippen LogP contribution in [0.1, 0.15) is 25.5 Å². The Labute approximate surface area is 147 Å². The predicted molar refractivity (Wildman–Crippen MR) is 91.7 cm³/mol. The molecule has 1 saturated heterocycles. The highest BCUT2D eigenvalue weighted by Gasteiger charge is 2.26. The molecule has 1 unspecified atom stereocenters. The fourth-order valence-electron chi connectivity index (χ4n) is 3.25. The highest BCUT2D eigenvalue weighted by molar-refractivity contribution is 5.79. The van der Waals surface area contributed by atoms with Gasteiger partial charge in [-0.2, -0.15) is 0 Å². The molecule has 3 rings (SSSR count). The lowest BCUT2D eigenvalue weighted by Gasteiger charge is -2.27. The Morgan fingerprint density at radius 1 is 1.28 bits per heavy atom. The fourth-order valence-corrected chi connectivity index (χ4v) is 3.25. The van der Waals surface area contributed by atoms with E-state index in [4.69, 9.17) is 9.47 Å². The molecular formula is C18H26N3O4+. The van der Waals surface area contributed by atoms with Crippen molar-refractivity contribution in [1.82, 2.24) is 10.6 Å². The van der Waals surface area contributed by atoms with Crippen LogP contribution in [0.2, 0.25) is 0 Å². The summed E-state index contributed by atoms with van der Waals surface area (Å²) in [5.74, 6) is 1.65. The van der Waals surface area contributed by atoms with Crippen LogP contribution in [0.5, 0.6) is 11.5 Å². The van der Waals surface area contributed by atoms with Gasteiger partial charge in [-0.25, -0.2) is 0 Å². The lowest BCUT2D eigenvalue weighted by Crippen LogP contribution is -3.16. The van der Waals surface area contributed by atoms with Crippen molar-refractivity contribution in [3.05, 3.63) is 23.8 Å². The Hall–Kier alpha value is -2.28. The first kappa shape index (κ1) is 17.5. The summed E-state index contributed by atoms with van der Waals surface area (Å²) < 4.78 is 11.2. The number of quaternary nitrogens is 1. The van der Waals surface area contributed by atoms with E-state index < -0.39 is 0 Å². The number of rotatable bonds is 5. The molecule has 1 fully saturated rings. The summed E-state index contributed by atoms with van der Waals surface area (Å²) in [5, 5.41) is 5.90. The normalized spacial score (nSPS) is 20.8. The molecule has 1 aromatic carbocycles. The molecule has 2 amide bonds. The van der Waals surface area contributed by atoms with Crippen molar-refractivity contribution < 1.29 is 24.0 Å². The Morgan fingerprint density at radius 2 is 2.04 bits per heavy atom. The van der Waals surface area contributed by atoms with Crippen LogP contribution in [-0.4, -0.2) is 51.2 Å². The van der Waals surface area contributed by atoms with Gasteiger partial charge in [0.1, 0.15) is 13.2 Å². The quantitative estimate of drug-likeness (QED) is 0.656. The van der Waals surface area contributed by atoms with Crippen molar-refractivity contribution in [2.24, 2.45) is 5.92 Å². The molecule has 2 aliphatic heterocycles. The van der Waals surface area contributed by atoms with Crippen LogP contribution >= 0.6 is 0 Å². The second-order valence-corrected chi connectivity index (χ2v) is 6.90. The Bertz CT molecular complexity index is 647. The summed E-state index contributed by atoms with van der Waals surface area (Å²) in [7, 11) is 0. The third-order valence-corrected chi connectivity index (χ3v) is 4.53. The van der Waals surface area contributed by atoms with Crippen LogP contribution in [0.3, 0.4) is 0 Å². The van der Waals surface area contributed by atoms with E-state index in [1.54, 1.807) is 0 Å². The number of hydrogen-bond acceptors (Lipinski definition) is 4. The van der Waals surface area contributed by atoms with Gasteiger partial charge in [0.15, 0.2) is 24.6 Å². The Kier molecular flexibility index (Phi) is 5.43. The maximum Gasteiger partial charge on any atom is 0.275 e. The Balaban J connectivity index is 1.66. The largest absolute Gasteiger partial charge is 0.486 e. The van der Waals surface area contributed by atoms with Gasteiger partial charge in [0, 0.05) is 0 Å². The molecule has 7 nitrogen and oxygen atoms in total. The van der Waals surface area contributed by atoms with E-state index >= 15 is 0 Å². The lowest BCUT2D eigenvalue weighted by atomic mass is 9.95. The first-order chi connectivity index (χ1) is 12.0. The van der Waals surface area contributed by atoms with Gasteiger partial charge in [-0.05, 0) is 23.6 Å². The smallest absolute Gasteiger partial charge is 0.275 e. The molecule has 2 heterocycles. The van der Waals surface area contributed by atoms with Gasteiger partial charge in [-0.15, -0.1) is 0 Å². The molecule has 2 atom stereocenters. The molecule has 0 spiro atoms. The summed E-state index contributed by atoms with van der Waals surface area (Å²) in [4.78, 5) is 24.9. The van der Waals surface area contributed by atoms with Gasteiger partial charge < -0.3 is 25.0 Å². The fraction of sp³-hybridized carbons (Fsp3) is 0.556. The monoisotopic (exact) mass is 348 g/mol. The number of amides is 2. The number of piperazine rings is 1. The first-order valence-corrected chi connectivity index (χ1v) is 8.82. The molecular weight excluding hydrogens is 322 g/mol. The van der Waals surface area contributed by atoms with Crippen molar-refractivity contribution in [1.29, 1.82) is 0 Å². The summed E-state index contributed by atoms with van der Waals surface area (Å²) >= 11 is 0. The zero-order valence-corrected chi connectivity index (χ0v) is 14.8. The second kappa shape index (κ2) is 7.74. The van der Waals surface area contributed by atoms with Crippen molar-refractivity contribution >= 4 is 11.8 Å². The van der Waals surface area contributed by atoms with Crippen molar-refractivity contribution in [2.75, 3.05) is 39.4 Å². The second-order valence-electron chi connectivity index (χ2n) is 6.90. The molecule has 0 bridgehead atoms. The van der Waals surface area contributed by atoms with Gasteiger partial charge in [0.05, 0.1) is 19.1 Å². The van der Waals surface area contributed by atoms with Crippen LogP contribution in [0.25, 0.3) is 0 Å². The molecule has 3 N–H and O–H groups in total. The van der Waals surface area contributed by atoms with Crippen molar-refractivity contribution in [2.45, 2.75) is 19.9 Å². The van der Waals surface area contributed by atoms with E-state index in [0.717, 1.165) is 28.5 Å². The highest BCUT2D eigenvalue weighted by Crippen LogP contribution is 2.34. The molecule has 0 saturated carbocycles. The maximum atomic E-state index is 12.5. The molecule has 0 aromatic heterocycles. The van der Waals surface area contributed by atoms with Gasteiger partial charge in [-0.3, -0.25) is 9.59 Å². The third-order valence-electron chi connectivity index (χ3n) is 4.53. The molecule has 25 heavy (non-hydrogen) atoms. The average molecular weight is 348 g/mol. The molecule has 1 aromatic rings. The summed E-state index contributed by atoms with van der Waals surface area (Å²) in [6.07, 6.45) is 0. The van der Waals surface area contributed by atoms with E-state index in [-0.39, 0.29) is 23.8 Å². The van der Waals surface area contributed by atoms with Crippen LogP contribution in [0, 0.1) is 5.92 Å². The van der Waals surface area contributed by atoms with E-state index in [0.29, 0.717) is 32.8 Å². The minimum absolute atomic E-state index is 0.00120. The Morgan fingerprint density at radius 3 is 2.76 bits per heavy atom. The predicted octanol–water partition coefficient (Wildman–Crippen LogP) is -0.714. The van der Waals surface area contributed by atoms with Gasteiger partial charge >= 0.3 is 0 Å². The minimum atomic E-state index is -0.110. The van der Waals surface area contributed by atoms with Crippen LogP contribution in [0.4, 0.5) is 0 Å². The molecule has 7 heteroatoms. The molecule has 136 valence electrons. The first-order valence-electron chi connectivity index (χ1n) is 8.82. The van der Waals surface area contributed by atoms with Gasteiger partial charge in [0.25, 0.3) is 11.8 Å². The van der Waals surface area contributed by atoms with E-state index in [1.807, 2.05) is 18.2 Å².